The molecule has 0 radical (unpaired) electrons. The van der Waals surface area contributed by atoms with Crippen LogP contribution in [-0.4, -0.2) is 12.2 Å². The van der Waals surface area contributed by atoms with Crippen LogP contribution >= 0.6 is 15.9 Å². The lowest BCUT2D eigenvalue weighted by Crippen LogP contribution is -2.10. The average molecular weight is 283 g/mol. The monoisotopic (exact) mass is 282 g/mol. The summed E-state index contributed by atoms with van der Waals surface area (Å²) in [6.45, 7) is 6.60. The van der Waals surface area contributed by atoms with Gasteiger partial charge in [0, 0.05) is 4.47 Å². The molecule has 88 valence electrons. The van der Waals surface area contributed by atoms with E-state index in [1.807, 2.05) is 0 Å². The van der Waals surface area contributed by atoms with Crippen molar-refractivity contribution in [1.82, 2.24) is 0 Å². The van der Waals surface area contributed by atoms with Crippen LogP contribution in [0.4, 0.5) is 0 Å². The van der Waals surface area contributed by atoms with Gasteiger partial charge in [-0.2, -0.15) is 0 Å². The predicted octanol–water partition coefficient (Wildman–Crippen LogP) is 4.11. The third-order valence-electron chi connectivity index (χ3n) is 3.34. The fourth-order valence-corrected chi connectivity index (χ4v) is 2.92. The van der Waals surface area contributed by atoms with Crippen LogP contribution in [0.2, 0.25) is 0 Å². The summed E-state index contributed by atoms with van der Waals surface area (Å²) in [5, 5.41) is 0. The second-order valence-corrected chi connectivity index (χ2v) is 5.68. The highest BCUT2D eigenvalue weighted by molar-refractivity contribution is 9.10. The molecule has 1 fully saturated rings. The first-order valence-electron chi connectivity index (χ1n) is 6.02. The van der Waals surface area contributed by atoms with E-state index in [1.54, 1.807) is 0 Å². The zero-order chi connectivity index (χ0) is 11.7. The Morgan fingerprint density at radius 3 is 2.75 bits per heavy atom. The van der Waals surface area contributed by atoms with Crippen molar-refractivity contribution in [2.75, 3.05) is 0 Å². The maximum Gasteiger partial charge on any atom is 0.0870 e. The maximum absolute atomic E-state index is 5.65. The van der Waals surface area contributed by atoms with E-state index in [9.17, 15) is 0 Å². The normalized spacial score (nSPS) is 25.5. The molecule has 0 aliphatic carbocycles. The Morgan fingerprint density at radius 1 is 1.44 bits per heavy atom. The minimum Gasteiger partial charge on any atom is -0.369 e. The van der Waals surface area contributed by atoms with Gasteiger partial charge in [0.2, 0.25) is 0 Å². The summed E-state index contributed by atoms with van der Waals surface area (Å²) < 4.78 is 6.88. The molecule has 1 aliphatic rings. The second-order valence-electron chi connectivity index (χ2n) is 4.82. The van der Waals surface area contributed by atoms with Gasteiger partial charge in [-0.25, -0.2) is 0 Å². The molecular weight excluding hydrogens is 264 g/mol. The standard InChI is InChI=1S/C14H19BrO/c1-4-13-14(16-13)10(3)8-11-6-5-9(2)7-12(11)15/h5-7,10,13-14H,4,8H2,1-3H3. The van der Waals surface area contributed by atoms with Crippen LogP contribution in [0.25, 0.3) is 0 Å². The Balaban J connectivity index is 1.98. The molecular formula is C14H19BrO. The van der Waals surface area contributed by atoms with E-state index >= 15 is 0 Å². The first-order valence-corrected chi connectivity index (χ1v) is 6.81. The number of benzene rings is 1. The summed E-state index contributed by atoms with van der Waals surface area (Å²) in [6.07, 6.45) is 3.24. The molecule has 16 heavy (non-hydrogen) atoms. The lowest BCUT2D eigenvalue weighted by molar-refractivity contribution is 0.322. The lowest BCUT2D eigenvalue weighted by Gasteiger charge is -2.10. The third kappa shape index (κ3) is 2.67. The Labute approximate surface area is 106 Å². The fourth-order valence-electron chi connectivity index (χ4n) is 2.27. The molecule has 1 saturated heterocycles. The molecule has 2 heteroatoms. The van der Waals surface area contributed by atoms with E-state index in [2.05, 4.69) is 54.9 Å². The fraction of sp³-hybridized carbons (Fsp3) is 0.571. The first kappa shape index (κ1) is 12.1. The van der Waals surface area contributed by atoms with Gasteiger partial charge >= 0.3 is 0 Å². The molecule has 1 nitrogen and oxygen atoms in total. The zero-order valence-electron chi connectivity index (χ0n) is 10.2. The Bertz CT molecular complexity index is 375. The maximum atomic E-state index is 5.65. The van der Waals surface area contributed by atoms with Crippen molar-refractivity contribution in [3.05, 3.63) is 33.8 Å². The summed E-state index contributed by atoms with van der Waals surface area (Å²) in [4.78, 5) is 0. The van der Waals surface area contributed by atoms with Gasteiger partial charge in [0.15, 0.2) is 0 Å². The van der Waals surface area contributed by atoms with Crippen molar-refractivity contribution in [2.24, 2.45) is 5.92 Å². The number of hydrogen-bond donors (Lipinski definition) is 0. The van der Waals surface area contributed by atoms with Gasteiger partial charge in [0.05, 0.1) is 12.2 Å². The SMILES string of the molecule is CCC1OC1C(C)Cc1ccc(C)cc1Br. The van der Waals surface area contributed by atoms with E-state index in [-0.39, 0.29) is 0 Å². The summed E-state index contributed by atoms with van der Waals surface area (Å²) in [5.74, 6) is 0.615. The van der Waals surface area contributed by atoms with Crippen molar-refractivity contribution in [3.8, 4) is 0 Å². The highest BCUT2D eigenvalue weighted by atomic mass is 79.9. The first-order chi connectivity index (χ1) is 7.61. The summed E-state index contributed by atoms with van der Waals surface area (Å²) >= 11 is 3.64. The van der Waals surface area contributed by atoms with Gasteiger partial charge in [0.1, 0.15) is 0 Å². The third-order valence-corrected chi connectivity index (χ3v) is 4.07. The molecule has 1 heterocycles. The van der Waals surface area contributed by atoms with E-state index in [0.29, 0.717) is 18.1 Å². The van der Waals surface area contributed by atoms with E-state index in [4.69, 9.17) is 4.74 Å². The minimum atomic E-state index is 0.484. The quantitative estimate of drug-likeness (QED) is 0.757. The Morgan fingerprint density at radius 2 is 2.19 bits per heavy atom. The van der Waals surface area contributed by atoms with Crippen molar-refractivity contribution >= 4 is 15.9 Å². The van der Waals surface area contributed by atoms with Crippen LogP contribution < -0.4 is 0 Å². The van der Waals surface area contributed by atoms with Crippen LogP contribution in [0.3, 0.4) is 0 Å². The number of halogens is 1. The molecule has 0 amide bonds. The number of epoxide rings is 1. The van der Waals surface area contributed by atoms with Gasteiger partial charge in [-0.3, -0.25) is 0 Å². The zero-order valence-corrected chi connectivity index (χ0v) is 11.8. The Hall–Kier alpha value is -0.340. The number of rotatable bonds is 4. The Kier molecular flexibility index (Phi) is 3.70. The molecule has 1 aromatic rings. The highest BCUT2D eigenvalue weighted by Gasteiger charge is 2.41. The van der Waals surface area contributed by atoms with Crippen LogP contribution in [0.15, 0.2) is 22.7 Å². The van der Waals surface area contributed by atoms with Crippen molar-refractivity contribution < 1.29 is 4.74 Å². The number of aryl methyl sites for hydroxylation is 1. The summed E-state index contributed by atoms with van der Waals surface area (Å²) in [7, 11) is 0. The van der Waals surface area contributed by atoms with E-state index in [1.165, 1.54) is 15.6 Å². The molecule has 0 spiro atoms. The van der Waals surface area contributed by atoms with Gasteiger partial charge in [0.25, 0.3) is 0 Å². The largest absolute Gasteiger partial charge is 0.369 e. The van der Waals surface area contributed by atoms with Crippen LogP contribution in [0.1, 0.15) is 31.4 Å². The summed E-state index contributed by atoms with van der Waals surface area (Å²) in [5.41, 5.74) is 2.70. The molecule has 3 unspecified atom stereocenters. The minimum absolute atomic E-state index is 0.484. The van der Waals surface area contributed by atoms with Crippen LogP contribution in [0, 0.1) is 12.8 Å². The lowest BCUT2D eigenvalue weighted by atomic mass is 9.95. The molecule has 0 aromatic heterocycles. The van der Waals surface area contributed by atoms with Crippen molar-refractivity contribution in [1.29, 1.82) is 0 Å². The molecule has 0 bridgehead atoms. The van der Waals surface area contributed by atoms with Gasteiger partial charge in [-0.1, -0.05) is 41.9 Å². The van der Waals surface area contributed by atoms with Crippen molar-refractivity contribution in [3.63, 3.8) is 0 Å². The average Bonchev–Trinajstić information content (AvgIpc) is 3.01. The second kappa shape index (κ2) is 4.89. The van der Waals surface area contributed by atoms with E-state index in [0.717, 1.165) is 12.8 Å². The highest BCUT2D eigenvalue weighted by Crippen LogP contribution is 2.34. The summed E-state index contributed by atoms with van der Waals surface area (Å²) in [6, 6.07) is 6.59. The molecule has 0 N–H and O–H groups in total. The molecule has 3 atom stereocenters. The predicted molar refractivity (Wildman–Crippen MR) is 70.7 cm³/mol. The molecule has 2 rings (SSSR count). The van der Waals surface area contributed by atoms with Gasteiger partial charge in [-0.05, 0) is 42.9 Å². The smallest absolute Gasteiger partial charge is 0.0870 e. The molecule has 0 saturated carbocycles. The number of ether oxygens (including phenoxy) is 1. The van der Waals surface area contributed by atoms with Crippen LogP contribution in [0.5, 0.6) is 0 Å². The van der Waals surface area contributed by atoms with Gasteiger partial charge in [-0.15, -0.1) is 0 Å². The molecule has 1 aliphatic heterocycles. The van der Waals surface area contributed by atoms with Crippen molar-refractivity contribution in [2.45, 2.75) is 45.8 Å². The topological polar surface area (TPSA) is 12.5 Å². The van der Waals surface area contributed by atoms with Crippen LogP contribution in [-0.2, 0) is 11.2 Å². The van der Waals surface area contributed by atoms with E-state index < -0.39 is 0 Å². The molecule has 1 aromatic carbocycles. The number of hydrogen-bond acceptors (Lipinski definition) is 1. The van der Waals surface area contributed by atoms with Gasteiger partial charge < -0.3 is 4.74 Å².